The van der Waals surface area contributed by atoms with Gasteiger partial charge in [0.05, 0.1) is 6.54 Å². The SMILES string of the molecule is Cn1ncnc1CNC1CC(Cl)C1. The minimum atomic E-state index is 0.372. The van der Waals surface area contributed by atoms with Crippen LogP contribution in [0.1, 0.15) is 18.7 Å². The number of nitrogens with one attached hydrogen (secondary N) is 1. The minimum absolute atomic E-state index is 0.372. The molecule has 1 N–H and O–H groups in total. The molecule has 2 rings (SSSR count). The molecule has 1 aromatic heterocycles. The third-order valence-corrected chi connectivity index (χ3v) is 2.79. The highest BCUT2D eigenvalue weighted by Gasteiger charge is 2.26. The van der Waals surface area contributed by atoms with Gasteiger partial charge < -0.3 is 5.32 Å². The van der Waals surface area contributed by atoms with Crippen molar-refractivity contribution in [2.75, 3.05) is 0 Å². The van der Waals surface area contributed by atoms with Gasteiger partial charge in [-0.2, -0.15) is 5.10 Å². The number of aryl methyl sites for hydroxylation is 1. The number of rotatable bonds is 3. The highest BCUT2D eigenvalue weighted by atomic mass is 35.5. The topological polar surface area (TPSA) is 42.7 Å². The standard InChI is InChI=1S/C8H13ClN4/c1-13-8(11-5-12-13)4-10-7-2-6(9)3-7/h5-7,10H,2-4H2,1H3. The average Bonchev–Trinajstić information content (AvgIpc) is 2.43. The molecule has 1 aliphatic carbocycles. The van der Waals surface area contributed by atoms with Crippen molar-refractivity contribution in [1.82, 2.24) is 20.1 Å². The molecule has 0 saturated heterocycles. The molecule has 72 valence electrons. The molecule has 0 unspecified atom stereocenters. The number of alkyl halides is 1. The van der Waals surface area contributed by atoms with Crippen LogP contribution in [0.3, 0.4) is 0 Å². The van der Waals surface area contributed by atoms with Crippen LogP contribution in [0.15, 0.2) is 6.33 Å². The van der Waals surface area contributed by atoms with Crippen LogP contribution in [0.25, 0.3) is 0 Å². The summed E-state index contributed by atoms with van der Waals surface area (Å²) in [7, 11) is 1.90. The van der Waals surface area contributed by atoms with E-state index >= 15 is 0 Å². The highest BCUT2D eigenvalue weighted by molar-refractivity contribution is 6.21. The van der Waals surface area contributed by atoms with Crippen molar-refractivity contribution in [2.45, 2.75) is 30.8 Å². The number of nitrogens with zero attached hydrogens (tertiary/aromatic N) is 3. The predicted octanol–water partition coefficient (Wildman–Crippen LogP) is 0.674. The summed E-state index contributed by atoms with van der Waals surface area (Å²) >= 11 is 5.86. The maximum absolute atomic E-state index is 5.86. The fourth-order valence-electron chi connectivity index (χ4n) is 1.43. The Balaban J connectivity index is 1.77. The van der Waals surface area contributed by atoms with E-state index in [-0.39, 0.29) is 0 Å². The lowest BCUT2D eigenvalue weighted by molar-refractivity contribution is 0.340. The minimum Gasteiger partial charge on any atom is -0.307 e. The summed E-state index contributed by atoms with van der Waals surface area (Å²) in [6, 6.07) is 0.569. The third kappa shape index (κ3) is 2.00. The van der Waals surface area contributed by atoms with Crippen LogP contribution >= 0.6 is 11.6 Å². The van der Waals surface area contributed by atoms with E-state index in [0.717, 1.165) is 25.2 Å². The van der Waals surface area contributed by atoms with Gasteiger partial charge in [-0.3, -0.25) is 4.68 Å². The summed E-state index contributed by atoms with van der Waals surface area (Å²) in [5.41, 5.74) is 0. The first-order valence-electron chi connectivity index (χ1n) is 4.46. The van der Waals surface area contributed by atoms with Gasteiger partial charge in [-0.25, -0.2) is 4.98 Å². The van der Waals surface area contributed by atoms with E-state index in [2.05, 4.69) is 15.4 Å². The lowest BCUT2D eigenvalue weighted by Gasteiger charge is -2.31. The molecular formula is C8H13ClN4. The second kappa shape index (κ2) is 3.64. The highest BCUT2D eigenvalue weighted by Crippen LogP contribution is 2.25. The van der Waals surface area contributed by atoms with Gasteiger partial charge in [-0.15, -0.1) is 11.6 Å². The van der Waals surface area contributed by atoms with Crippen LogP contribution in [0.2, 0.25) is 0 Å². The van der Waals surface area contributed by atoms with Crippen LogP contribution in [0, 0.1) is 0 Å². The Labute approximate surface area is 82.3 Å². The summed E-state index contributed by atoms with van der Waals surface area (Å²) in [5, 5.41) is 7.75. The van der Waals surface area contributed by atoms with Crippen LogP contribution in [0.5, 0.6) is 0 Å². The molecule has 0 amide bonds. The molecule has 1 heterocycles. The molecule has 0 spiro atoms. The van der Waals surface area contributed by atoms with Gasteiger partial charge >= 0.3 is 0 Å². The Kier molecular flexibility index (Phi) is 2.51. The van der Waals surface area contributed by atoms with Gasteiger partial charge in [-0.1, -0.05) is 0 Å². The molecule has 1 aliphatic rings. The molecule has 1 aromatic rings. The van der Waals surface area contributed by atoms with Crippen molar-refractivity contribution in [3.63, 3.8) is 0 Å². The third-order valence-electron chi connectivity index (χ3n) is 2.43. The van der Waals surface area contributed by atoms with Crippen LogP contribution in [-0.4, -0.2) is 26.2 Å². The van der Waals surface area contributed by atoms with Crippen LogP contribution in [0.4, 0.5) is 0 Å². The molecule has 1 saturated carbocycles. The zero-order valence-electron chi connectivity index (χ0n) is 7.57. The zero-order valence-corrected chi connectivity index (χ0v) is 8.33. The summed E-state index contributed by atoms with van der Waals surface area (Å²) in [6.45, 7) is 0.783. The second-order valence-corrected chi connectivity index (χ2v) is 4.06. The van der Waals surface area contributed by atoms with Crippen molar-refractivity contribution < 1.29 is 0 Å². The van der Waals surface area contributed by atoms with Crippen molar-refractivity contribution >= 4 is 11.6 Å². The molecule has 5 heteroatoms. The van der Waals surface area contributed by atoms with Gasteiger partial charge in [0.15, 0.2) is 0 Å². The summed E-state index contributed by atoms with van der Waals surface area (Å²) < 4.78 is 1.78. The predicted molar refractivity (Wildman–Crippen MR) is 50.5 cm³/mol. The maximum Gasteiger partial charge on any atom is 0.140 e. The number of aromatic nitrogens is 3. The van der Waals surface area contributed by atoms with Crippen molar-refractivity contribution in [3.05, 3.63) is 12.2 Å². The first-order valence-corrected chi connectivity index (χ1v) is 4.89. The summed E-state index contributed by atoms with van der Waals surface area (Å²) in [4.78, 5) is 4.12. The molecule has 13 heavy (non-hydrogen) atoms. The monoisotopic (exact) mass is 200 g/mol. The second-order valence-electron chi connectivity index (χ2n) is 3.45. The smallest absolute Gasteiger partial charge is 0.140 e. The van der Waals surface area contributed by atoms with E-state index in [4.69, 9.17) is 11.6 Å². The molecule has 0 aliphatic heterocycles. The van der Waals surface area contributed by atoms with Gasteiger partial charge in [-0.05, 0) is 12.8 Å². The zero-order chi connectivity index (χ0) is 9.26. The van der Waals surface area contributed by atoms with Crippen molar-refractivity contribution in [3.8, 4) is 0 Å². The van der Waals surface area contributed by atoms with Gasteiger partial charge in [0.2, 0.25) is 0 Å². The fourth-order valence-corrected chi connectivity index (χ4v) is 1.86. The number of halogens is 1. The van der Waals surface area contributed by atoms with E-state index in [0.29, 0.717) is 11.4 Å². The first-order chi connectivity index (χ1) is 6.25. The Morgan fingerprint density at radius 2 is 2.46 bits per heavy atom. The molecular weight excluding hydrogens is 188 g/mol. The van der Waals surface area contributed by atoms with Gasteiger partial charge in [0.1, 0.15) is 12.2 Å². The largest absolute Gasteiger partial charge is 0.307 e. The van der Waals surface area contributed by atoms with E-state index in [1.807, 2.05) is 7.05 Å². The molecule has 1 fully saturated rings. The molecule has 0 bridgehead atoms. The summed E-state index contributed by atoms with van der Waals surface area (Å²) in [5.74, 6) is 0.970. The Morgan fingerprint density at radius 1 is 1.69 bits per heavy atom. The van der Waals surface area contributed by atoms with Crippen molar-refractivity contribution in [2.24, 2.45) is 7.05 Å². The van der Waals surface area contributed by atoms with Crippen LogP contribution < -0.4 is 5.32 Å². The molecule has 0 radical (unpaired) electrons. The van der Waals surface area contributed by atoms with Gasteiger partial charge in [0, 0.05) is 18.5 Å². The Bertz CT molecular complexity index is 279. The molecule has 4 nitrogen and oxygen atoms in total. The normalized spacial score (nSPS) is 27.2. The van der Waals surface area contributed by atoms with E-state index in [9.17, 15) is 0 Å². The number of hydrogen-bond acceptors (Lipinski definition) is 3. The fraction of sp³-hybridized carbons (Fsp3) is 0.750. The van der Waals surface area contributed by atoms with Gasteiger partial charge in [0.25, 0.3) is 0 Å². The van der Waals surface area contributed by atoms with E-state index in [1.165, 1.54) is 0 Å². The van der Waals surface area contributed by atoms with E-state index < -0.39 is 0 Å². The molecule has 0 aromatic carbocycles. The maximum atomic E-state index is 5.86. The number of hydrogen-bond donors (Lipinski definition) is 1. The average molecular weight is 201 g/mol. The first kappa shape index (κ1) is 8.97. The van der Waals surface area contributed by atoms with Crippen molar-refractivity contribution in [1.29, 1.82) is 0 Å². The summed E-state index contributed by atoms with van der Waals surface area (Å²) in [6.07, 6.45) is 3.71. The Morgan fingerprint density at radius 3 is 3.00 bits per heavy atom. The van der Waals surface area contributed by atoms with E-state index in [1.54, 1.807) is 11.0 Å². The quantitative estimate of drug-likeness (QED) is 0.730. The Hall–Kier alpha value is -0.610. The lowest BCUT2D eigenvalue weighted by Crippen LogP contribution is -2.41. The molecule has 0 atom stereocenters. The lowest BCUT2D eigenvalue weighted by atomic mass is 9.92. The van der Waals surface area contributed by atoms with Crippen LogP contribution in [-0.2, 0) is 13.6 Å².